The van der Waals surface area contributed by atoms with Gasteiger partial charge in [-0.2, -0.15) is 0 Å². The molecule has 0 heterocycles. The van der Waals surface area contributed by atoms with Crippen molar-refractivity contribution in [1.29, 1.82) is 0 Å². The van der Waals surface area contributed by atoms with Gasteiger partial charge in [-0.25, -0.2) is 0 Å². The molecule has 0 bridgehead atoms. The average molecular weight is 922 g/mol. The minimum Gasteiger partial charge on any atom is -0.377 e. The van der Waals surface area contributed by atoms with Crippen LogP contribution in [0.2, 0.25) is 0 Å². The van der Waals surface area contributed by atoms with E-state index in [1.807, 2.05) is 11.0 Å². The van der Waals surface area contributed by atoms with Gasteiger partial charge in [0.05, 0.1) is 26.2 Å². The normalized spacial score (nSPS) is 13.4. The highest BCUT2D eigenvalue weighted by Crippen LogP contribution is 2.18. The number of nitrogens with zero attached hydrogens (tertiary/aromatic N) is 4. The lowest BCUT2D eigenvalue weighted by molar-refractivity contribution is -0.146. The molecule has 3 amide bonds. The molecule has 4 unspecified atom stereocenters. The van der Waals surface area contributed by atoms with Crippen molar-refractivity contribution in [3.05, 3.63) is 12.7 Å². The van der Waals surface area contributed by atoms with E-state index in [0.29, 0.717) is 45.8 Å². The molecule has 4 atom stereocenters. The predicted octanol–water partition coefficient (Wildman–Crippen LogP) is 9.36. The molecule has 12 nitrogen and oxygen atoms in total. The van der Waals surface area contributed by atoms with Crippen LogP contribution in [0.3, 0.4) is 0 Å². The molecule has 0 fully saturated rings. The fourth-order valence-corrected chi connectivity index (χ4v) is 8.68. The maximum Gasteiger partial charge on any atom is 0.242 e. The average Bonchev–Trinajstić information content (AvgIpc) is 3.29. The Balaban J connectivity index is 6.36. The number of carbonyl (C=O) groups is 3. The van der Waals surface area contributed by atoms with E-state index in [1.165, 1.54) is 83.5 Å². The predicted molar refractivity (Wildman–Crippen MR) is 274 cm³/mol. The van der Waals surface area contributed by atoms with Crippen LogP contribution in [0, 0.1) is 11.8 Å². The van der Waals surface area contributed by atoms with Gasteiger partial charge in [-0.05, 0) is 63.5 Å². The van der Waals surface area contributed by atoms with Crippen molar-refractivity contribution in [2.24, 2.45) is 23.3 Å². The summed E-state index contributed by atoms with van der Waals surface area (Å²) >= 11 is 0. The Morgan fingerprint density at radius 1 is 0.554 bits per heavy atom. The minimum atomic E-state index is -1.20. The molecule has 0 aromatic carbocycles. The van der Waals surface area contributed by atoms with E-state index in [-0.39, 0.29) is 55.7 Å². The monoisotopic (exact) mass is 922 g/mol. The lowest BCUT2D eigenvalue weighted by Crippen LogP contribution is -2.53. The second-order valence-corrected chi connectivity index (χ2v) is 19.2. The molecular weight excluding hydrogens is 815 g/mol. The molecule has 384 valence electrons. The van der Waals surface area contributed by atoms with E-state index in [1.54, 1.807) is 14.7 Å². The maximum atomic E-state index is 14.6. The van der Waals surface area contributed by atoms with Crippen LogP contribution in [0.4, 0.5) is 0 Å². The summed E-state index contributed by atoms with van der Waals surface area (Å²) in [5, 5.41) is 25.0. The summed E-state index contributed by atoms with van der Waals surface area (Å²) < 4.78 is 0. The van der Waals surface area contributed by atoms with Crippen LogP contribution in [-0.4, -0.2) is 132 Å². The van der Waals surface area contributed by atoms with Crippen molar-refractivity contribution >= 4 is 17.7 Å². The molecule has 0 aromatic heterocycles. The van der Waals surface area contributed by atoms with Gasteiger partial charge in [0.25, 0.3) is 0 Å². The molecule has 0 aliphatic heterocycles. The number of hydrogen-bond donors (Lipinski definition) is 5. The number of carbonyl (C=O) groups excluding carboxylic acids is 3. The van der Waals surface area contributed by atoms with Crippen LogP contribution in [0.5, 0.6) is 0 Å². The molecule has 0 saturated heterocycles. The van der Waals surface area contributed by atoms with Crippen LogP contribution in [0.25, 0.3) is 0 Å². The lowest BCUT2D eigenvalue weighted by Gasteiger charge is -2.34. The number of aliphatic hydroxyl groups excluding tert-OH is 2. The van der Waals surface area contributed by atoms with Gasteiger partial charge in [0, 0.05) is 32.7 Å². The van der Waals surface area contributed by atoms with Crippen LogP contribution in [0.15, 0.2) is 12.7 Å². The second kappa shape index (κ2) is 44.4. The van der Waals surface area contributed by atoms with E-state index in [0.717, 1.165) is 96.3 Å². The smallest absolute Gasteiger partial charge is 0.242 e. The molecule has 0 radical (unpaired) electrons. The first-order valence-electron chi connectivity index (χ1n) is 27.2. The summed E-state index contributed by atoms with van der Waals surface area (Å²) in [6.07, 6.45) is 30.7. The maximum absolute atomic E-state index is 14.6. The Bertz CT molecular complexity index is 1130. The number of rotatable bonds is 48. The zero-order valence-electron chi connectivity index (χ0n) is 43.2. The summed E-state index contributed by atoms with van der Waals surface area (Å²) in [6, 6.07) is 0. The molecule has 0 aromatic rings. The van der Waals surface area contributed by atoms with Crippen molar-refractivity contribution in [3.63, 3.8) is 0 Å². The van der Waals surface area contributed by atoms with E-state index in [4.69, 9.17) is 11.5 Å². The van der Waals surface area contributed by atoms with Crippen molar-refractivity contribution in [2.45, 2.75) is 227 Å². The number of amides is 3. The largest absolute Gasteiger partial charge is 0.377 e. The number of allylic oxidation sites excluding steroid dienone is 1. The first-order valence-corrected chi connectivity index (χ1v) is 27.2. The first kappa shape index (κ1) is 62.9. The number of aliphatic hydroxyl groups is 2. The Hall–Kier alpha value is -2.09. The van der Waals surface area contributed by atoms with Crippen molar-refractivity contribution in [3.8, 4) is 0 Å². The second-order valence-electron chi connectivity index (χ2n) is 19.2. The fourth-order valence-electron chi connectivity index (χ4n) is 8.68. The number of nitrogens with one attached hydrogen (secondary N) is 1. The quantitative estimate of drug-likeness (QED) is 0.0227. The van der Waals surface area contributed by atoms with Crippen LogP contribution < -0.4 is 16.8 Å². The fraction of sp³-hybridized carbons (Fsp3) is 0.906. The Morgan fingerprint density at radius 3 is 1.49 bits per heavy atom. The Kier molecular flexibility index (Phi) is 43.0. The molecule has 65 heavy (non-hydrogen) atoms. The standard InChI is InChI=1S/C53H107N7O5/c1-7-13-17-19-21-23-25-27-29-31-38-57(50(62)40-56-37-33-36-54)44-53(65)60(42-48(12-6)35-16-10-4)46-51(63)58(39-32-30-28-26-24-22-20-18-14-8-2)45-52(64)59(43-49(55)61)41-47(11-5)34-15-9-3/h9,47-50,56,61-62H,3,7-8,10-46,54-55H2,1-2,4-6H3. The summed E-state index contributed by atoms with van der Waals surface area (Å²) in [6.45, 7) is 18.0. The van der Waals surface area contributed by atoms with Gasteiger partial charge in [0.2, 0.25) is 17.7 Å². The lowest BCUT2D eigenvalue weighted by atomic mass is 9.98. The van der Waals surface area contributed by atoms with Gasteiger partial charge in [-0.15, -0.1) is 6.58 Å². The van der Waals surface area contributed by atoms with Gasteiger partial charge in [0.15, 0.2) is 0 Å². The van der Waals surface area contributed by atoms with E-state index >= 15 is 0 Å². The number of unbranched alkanes of at least 4 members (excludes halogenated alkanes) is 19. The highest BCUT2D eigenvalue weighted by molar-refractivity contribution is 5.89. The zero-order chi connectivity index (χ0) is 48.3. The summed E-state index contributed by atoms with van der Waals surface area (Å²) in [4.78, 5) is 50.2. The summed E-state index contributed by atoms with van der Waals surface area (Å²) in [7, 11) is 0. The van der Waals surface area contributed by atoms with E-state index in [2.05, 4.69) is 46.5 Å². The van der Waals surface area contributed by atoms with E-state index < -0.39 is 12.5 Å². The third kappa shape index (κ3) is 34.8. The third-order valence-corrected chi connectivity index (χ3v) is 13.2. The highest BCUT2D eigenvalue weighted by Gasteiger charge is 2.29. The third-order valence-electron chi connectivity index (χ3n) is 13.2. The zero-order valence-corrected chi connectivity index (χ0v) is 43.2. The van der Waals surface area contributed by atoms with Gasteiger partial charge in [-0.1, -0.05) is 182 Å². The Morgan fingerprint density at radius 2 is 1.00 bits per heavy atom. The summed E-state index contributed by atoms with van der Waals surface area (Å²) in [5.41, 5.74) is 11.6. The number of nitrogens with two attached hydrogens (primary N) is 2. The van der Waals surface area contributed by atoms with E-state index in [9.17, 15) is 24.6 Å². The number of hydrogen-bond acceptors (Lipinski definition) is 9. The molecule has 0 aliphatic rings. The van der Waals surface area contributed by atoms with Crippen molar-refractivity contribution < 1.29 is 24.6 Å². The molecule has 0 rings (SSSR count). The first-order chi connectivity index (χ1) is 31.5. The molecule has 0 saturated carbocycles. The minimum absolute atomic E-state index is 0.0112. The van der Waals surface area contributed by atoms with Gasteiger partial charge in [0.1, 0.15) is 12.5 Å². The SMILES string of the molecule is C=CCCC(CC)CN(CC(N)O)C(=O)CN(CCCCCCCCCCCC)C(=O)CN(CC(CC)CCCC)C(=O)CN(CCCCCCCCCCCC)C(O)CNCCCN. The van der Waals surface area contributed by atoms with Gasteiger partial charge >= 0.3 is 0 Å². The summed E-state index contributed by atoms with van der Waals surface area (Å²) in [5.74, 6) is -0.228. The Labute approximate surface area is 400 Å². The molecular formula is C53H107N7O5. The van der Waals surface area contributed by atoms with Crippen LogP contribution in [-0.2, 0) is 14.4 Å². The molecule has 0 aliphatic carbocycles. The topological polar surface area (TPSA) is 169 Å². The van der Waals surface area contributed by atoms with Gasteiger partial charge in [-0.3, -0.25) is 19.3 Å². The van der Waals surface area contributed by atoms with Crippen LogP contribution >= 0.6 is 0 Å². The van der Waals surface area contributed by atoms with Gasteiger partial charge < -0.3 is 41.7 Å². The molecule has 7 N–H and O–H groups in total. The molecule has 12 heteroatoms. The van der Waals surface area contributed by atoms with Crippen molar-refractivity contribution in [2.75, 3.05) is 72.0 Å². The van der Waals surface area contributed by atoms with Crippen molar-refractivity contribution in [1.82, 2.24) is 24.9 Å². The van der Waals surface area contributed by atoms with Crippen LogP contribution in [0.1, 0.15) is 214 Å². The highest BCUT2D eigenvalue weighted by atomic mass is 16.3. The molecule has 0 spiro atoms.